The van der Waals surface area contributed by atoms with Crippen LogP contribution < -0.4 is 0 Å². The number of hydrogen-bond acceptors (Lipinski definition) is 7. The first-order valence-corrected chi connectivity index (χ1v) is 11.6. The summed E-state index contributed by atoms with van der Waals surface area (Å²) in [6.07, 6.45) is 1.60. The highest BCUT2D eigenvalue weighted by Gasteiger charge is 2.30. The summed E-state index contributed by atoms with van der Waals surface area (Å²) < 4.78 is 10.8. The number of benzene rings is 2. The van der Waals surface area contributed by atoms with E-state index in [1.165, 1.54) is 28.8 Å². The van der Waals surface area contributed by atoms with Crippen molar-refractivity contribution in [2.24, 2.45) is 4.99 Å². The quantitative estimate of drug-likeness (QED) is 0.334. The second kappa shape index (κ2) is 10.2. The number of nitrogens with zero attached hydrogens (tertiary/aromatic N) is 2. The molecule has 1 aliphatic rings. The summed E-state index contributed by atoms with van der Waals surface area (Å²) in [5.41, 5.74) is 1.52. The van der Waals surface area contributed by atoms with E-state index < -0.39 is 11.9 Å². The van der Waals surface area contributed by atoms with E-state index in [1.807, 2.05) is 0 Å². The van der Waals surface area contributed by atoms with Gasteiger partial charge in [-0.2, -0.15) is 0 Å². The summed E-state index contributed by atoms with van der Waals surface area (Å²) in [5, 5.41) is 9.88. The van der Waals surface area contributed by atoms with E-state index in [-0.39, 0.29) is 16.5 Å². The van der Waals surface area contributed by atoms with E-state index in [2.05, 4.69) is 4.99 Å². The highest BCUT2D eigenvalue weighted by Crippen LogP contribution is 2.34. The normalized spacial score (nSPS) is 15.7. The second-order valence-corrected chi connectivity index (χ2v) is 8.75. The molecule has 1 aliphatic heterocycles. The van der Waals surface area contributed by atoms with Gasteiger partial charge in [0.1, 0.15) is 11.5 Å². The van der Waals surface area contributed by atoms with Crippen molar-refractivity contribution >= 4 is 58.1 Å². The predicted octanol–water partition coefficient (Wildman–Crippen LogP) is 5.71. The van der Waals surface area contributed by atoms with Gasteiger partial charge in [-0.1, -0.05) is 11.6 Å². The van der Waals surface area contributed by atoms with Crippen molar-refractivity contribution < 1.29 is 28.6 Å². The number of carboxylic acid groups (broad SMARTS) is 1. The van der Waals surface area contributed by atoms with Crippen molar-refractivity contribution in [1.82, 2.24) is 4.90 Å². The minimum atomic E-state index is -1.14. The Bertz CT molecular complexity index is 1380. The zero-order chi connectivity index (χ0) is 25.1. The third-order valence-corrected chi connectivity index (χ3v) is 6.38. The number of amides is 1. The maximum atomic E-state index is 12.7. The maximum absolute atomic E-state index is 12.7. The Morgan fingerprint density at radius 1 is 1.17 bits per heavy atom. The molecule has 1 saturated heterocycles. The van der Waals surface area contributed by atoms with Gasteiger partial charge in [0.15, 0.2) is 5.17 Å². The van der Waals surface area contributed by atoms with Crippen LogP contribution in [0.15, 0.2) is 68.9 Å². The number of amidine groups is 1. The van der Waals surface area contributed by atoms with Crippen LogP contribution in [0.5, 0.6) is 0 Å². The molecule has 0 aliphatic carbocycles. The van der Waals surface area contributed by atoms with Gasteiger partial charge in [-0.25, -0.2) is 14.6 Å². The number of aromatic carboxylic acids is 1. The largest absolute Gasteiger partial charge is 0.478 e. The molecule has 3 aromatic rings. The molecule has 10 heteroatoms. The van der Waals surface area contributed by atoms with Gasteiger partial charge in [0.05, 0.1) is 33.3 Å². The lowest BCUT2D eigenvalue weighted by Crippen LogP contribution is -2.23. The number of esters is 1. The smallest absolute Gasteiger partial charge is 0.338 e. The highest BCUT2D eigenvalue weighted by atomic mass is 35.5. The number of thioether (sulfide) groups is 1. The van der Waals surface area contributed by atoms with Crippen molar-refractivity contribution in [2.75, 3.05) is 13.7 Å². The van der Waals surface area contributed by atoms with Gasteiger partial charge in [-0.15, -0.1) is 0 Å². The molecule has 178 valence electrons. The van der Waals surface area contributed by atoms with Gasteiger partial charge in [0.25, 0.3) is 5.91 Å². The summed E-state index contributed by atoms with van der Waals surface area (Å²) in [7, 11) is 1.62. The van der Waals surface area contributed by atoms with Crippen LogP contribution in [-0.4, -0.2) is 46.7 Å². The number of ether oxygens (including phenoxy) is 1. The third-order valence-electron chi connectivity index (χ3n) is 4.99. The SMILES string of the molecule is CCOC(=O)c1ccc(N=C2SC(=Cc3ccc(-c4ccc(Cl)c(C(=O)O)c4)o3)C(=O)N2C)cc1. The molecule has 1 amide bonds. The van der Waals surface area contributed by atoms with Crippen LogP contribution in [-0.2, 0) is 9.53 Å². The monoisotopic (exact) mass is 510 g/mol. The molecule has 0 saturated carbocycles. The molecule has 1 aromatic heterocycles. The standard InChI is InChI=1S/C25H19ClN2O6S/c1-3-33-24(32)14-4-7-16(8-5-14)27-25-28(2)22(29)21(35-25)13-17-9-11-20(34-17)15-6-10-19(26)18(12-15)23(30)31/h4-13H,3H2,1-2H3,(H,30,31). The average molecular weight is 511 g/mol. The zero-order valence-electron chi connectivity index (χ0n) is 18.6. The van der Waals surface area contributed by atoms with Crippen LogP contribution in [0, 0.1) is 0 Å². The Morgan fingerprint density at radius 2 is 1.91 bits per heavy atom. The third kappa shape index (κ3) is 5.31. The minimum Gasteiger partial charge on any atom is -0.478 e. The molecule has 1 fully saturated rings. The number of carbonyl (C=O) groups excluding carboxylic acids is 2. The van der Waals surface area contributed by atoms with E-state index in [4.69, 9.17) is 20.8 Å². The van der Waals surface area contributed by atoms with Gasteiger partial charge in [0.2, 0.25) is 0 Å². The first-order valence-electron chi connectivity index (χ1n) is 10.4. The van der Waals surface area contributed by atoms with Crippen molar-refractivity contribution in [3.8, 4) is 11.3 Å². The predicted molar refractivity (Wildman–Crippen MR) is 134 cm³/mol. The number of hydrogen-bond donors (Lipinski definition) is 1. The van der Waals surface area contributed by atoms with Gasteiger partial charge in [-0.05, 0) is 73.3 Å². The molecule has 0 bridgehead atoms. The van der Waals surface area contributed by atoms with Crippen LogP contribution in [0.25, 0.3) is 17.4 Å². The summed E-state index contributed by atoms with van der Waals surface area (Å²) >= 11 is 7.12. The molecular weight excluding hydrogens is 492 g/mol. The van der Waals surface area contributed by atoms with Crippen LogP contribution >= 0.6 is 23.4 Å². The topological polar surface area (TPSA) is 109 Å². The van der Waals surface area contributed by atoms with Crippen molar-refractivity contribution in [3.05, 3.63) is 81.4 Å². The fourth-order valence-electron chi connectivity index (χ4n) is 3.21. The lowest BCUT2D eigenvalue weighted by Gasteiger charge is -2.07. The molecule has 4 rings (SSSR count). The molecule has 0 spiro atoms. The Balaban J connectivity index is 1.54. The number of carbonyl (C=O) groups is 3. The maximum Gasteiger partial charge on any atom is 0.338 e. The van der Waals surface area contributed by atoms with Crippen molar-refractivity contribution in [2.45, 2.75) is 6.92 Å². The number of rotatable bonds is 6. The lowest BCUT2D eigenvalue weighted by atomic mass is 10.1. The van der Waals surface area contributed by atoms with Crippen molar-refractivity contribution in [1.29, 1.82) is 0 Å². The molecule has 0 radical (unpaired) electrons. The van der Waals surface area contributed by atoms with Gasteiger partial charge in [0, 0.05) is 18.7 Å². The van der Waals surface area contributed by atoms with E-state index in [0.29, 0.717) is 45.0 Å². The highest BCUT2D eigenvalue weighted by molar-refractivity contribution is 8.18. The lowest BCUT2D eigenvalue weighted by molar-refractivity contribution is -0.121. The molecule has 0 unspecified atom stereocenters. The van der Waals surface area contributed by atoms with E-state index in [9.17, 15) is 19.5 Å². The van der Waals surface area contributed by atoms with Crippen LogP contribution in [0.1, 0.15) is 33.4 Å². The summed E-state index contributed by atoms with van der Waals surface area (Å²) in [6.45, 7) is 2.03. The molecule has 8 nitrogen and oxygen atoms in total. The first-order chi connectivity index (χ1) is 16.8. The minimum absolute atomic E-state index is 0.0280. The van der Waals surface area contributed by atoms with E-state index in [0.717, 1.165) is 0 Å². The number of likely N-dealkylation sites (N-methyl/N-ethyl adjacent to an activating group) is 1. The molecule has 1 N–H and O–H groups in total. The van der Waals surface area contributed by atoms with Crippen LogP contribution in [0.3, 0.4) is 0 Å². The number of halogens is 1. The Kier molecular flexibility index (Phi) is 7.09. The molecule has 2 aromatic carbocycles. The van der Waals surface area contributed by atoms with Gasteiger partial charge < -0.3 is 14.3 Å². The molecular formula is C25H19ClN2O6S. The fourth-order valence-corrected chi connectivity index (χ4v) is 4.37. The summed E-state index contributed by atoms with van der Waals surface area (Å²) in [4.78, 5) is 42.2. The van der Waals surface area contributed by atoms with Gasteiger partial charge in [-0.3, -0.25) is 9.69 Å². The fraction of sp³-hybridized carbons (Fsp3) is 0.120. The van der Waals surface area contributed by atoms with Crippen molar-refractivity contribution in [3.63, 3.8) is 0 Å². The number of aliphatic imine (C=N–C) groups is 1. The molecule has 2 heterocycles. The number of carboxylic acids is 1. The summed E-state index contributed by atoms with van der Waals surface area (Å²) in [5.74, 6) is -0.917. The van der Waals surface area contributed by atoms with Crippen LogP contribution in [0.4, 0.5) is 5.69 Å². The Hall–Kier alpha value is -3.82. The zero-order valence-corrected chi connectivity index (χ0v) is 20.2. The Labute approximate surface area is 209 Å². The summed E-state index contributed by atoms with van der Waals surface area (Å²) in [6, 6.07) is 14.6. The molecule has 35 heavy (non-hydrogen) atoms. The van der Waals surface area contributed by atoms with Crippen LogP contribution in [0.2, 0.25) is 5.02 Å². The van der Waals surface area contributed by atoms with E-state index in [1.54, 1.807) is 62.5 Å². The Morgan fingerprint density at radius 3 is 2.60 bits per heavy atom. The number of furan rings is 1. The first kappa shape index (κ1) is 24.3. The molecule has 0 atom stereocenters. The second-order valence-electron chi connectivity index (χ2n) is 7.34. The average Bonchev–Trinajstić information content (AvgIpc) is 3.40. The van der Waals surface area contributed by atoms with E-state index >= 15 is 0 Å². The van der Waals surface area contributed by atoms with Gasteiger partial charge >= 0.3 is 11.9 Å².